The predicted octanol–water partition coefficient (Wildman–Crippen LogP) is 4.25. The average molecular weight is 381 g/mol. The van der Waals surface area contributed by atoms with Gasteiger partial charge in [0.15, 0.2) is 0 Å². The summed E-state index contributed by atoms with van der Waals surface area (Å²) in [4.78, 5) is 19.4. The maximum atomic E-state index is 13.1. The van der Waals surface area contributed by atoms with Crippen LogP contribution in [-0.4, -0.2) is 29.9 Å². The van der Waals surface area contributed by atoms with Crippen LogP contribution in [-0.2, 0) is 17.7 Å². The molecule has 0 saturated heterocycles. The van der Waals surface area contributed by atoms with E-state index >= 15 is 0 Å². The number of rotatable bonds is 6. The zero-order valence-electron chi connectivity index (χ0n) is 14.0. The van der Waals surface area contributed by atoms with Crippen LogP contribution in [0.3, 0.4) is 0 Å². The second-order valence-corrected chi connectivity index (χ2v) is 7.28. The van der Waals surface area contributed by atoms with Crippen LogP contribution in [0.25, 0.3) is 21.3 Å². The Hall–Kier alpha value is -1.76. The number of hydrogen-bond acceptors (Lipinski definition) is 4. The van der Waals surface area contributed by atoms with Crippen LogP contribution in [0, 0.1) is 6.92 Å². The molecule has 0 fully saturated rings. The first kappa shape index (κ1) is 18.0. The van der Waals surface area contributed by atoms with Gasteiger partial charge in [0.2, 0.25) is 0 Å². The van der Waals surface area contributed by atoms with Gasteiger partial charge in [-0.2, -0.15) is 0 Å². The van der Waals surface area contributed by atoms with Gasteiger partial charge in [-0.25, -0.2) is 9.37 Å². The summed E-state index contributed by atoms with van der Waals surface area (Å²) in [7, 11) is 1.59. The molecule has 132 valence electrons. The van der Waals surface area contributed by atoms with Crippen molar-refractivity contribution in [1.29, 1.82) is 0 Å². The van der Waals surface area contributed by atoms with Crippen LogP contribution >= 0.6 is 22.9 Å². The lowest BCUT2D eigenvalue weighted by atomic mass is 10.0. The first-order valence-electron chi connectivity index (χ1n) is 7.90. The van der Waals surface area contributed by atoms with Crippen molar-refractivity contribution < 1.29 is 9.13 Å². The summed E-state index contributed by atoms with van der Waals surface area (Å²) >= 11 is 7.44. The number of nitrogens with zero attached hydrogens (tertiary/aromatic N) is 2. The number of alkyl halides is 1. The number of fused-ring (bicyclic) bond motifs is 1. The molecule has 0 radical (unpaired) electrons. The molecule has 1 aromatic carbocycles. The largest absolute Gasteiger partial charge is 0.384 e. The first-order chi connectivity index (χ1) is 12.1. The molecule has 0 spiro atoms. The second kappa shape index (κ2) is 7.64. The van der Waals surface area contributed by atoms with Crippen LogP contribution in [0.4, 0.5) is 4.39 Å². The summed E-state index contributed by atoms with van der Waals surface area (Å²) in [5.74, 6) is 0.556. The summed E-state index contributed by atoms with van der Waals surface area (Å²) in [5, 5.41) is 1.18. The monoisotopic (exact) mass is 380 g/mol. The van der Waals surface area contributed by atoms with Gasteiger partial charge in [-0.1, -0.05) is 23.7 Å². The number of benzene rings is 1. The predicted molar refractivity (Wildman–Crippen MR) is 101 cm³/mol. The topological polar surface area (TPSA) is 44.1 Å². The van der Waals surface area contributed by atoms with Crippen LogP contribution < -0.4 is 5.56 Å². The molecule has 0 bridgehead atoms. The molecule has 3 aromatic rings. The molecule has 0 atom stereocenters. The van der Waals surface area contributed by atoms with E-state index in [2.05, 4.69) is 4.98 Å². The molecule has 0 saturated carbocycles. The normalized spacial score (nSPS) is 11.4. The number of halogens is 2. The van der Waals surface area contributed by atoms with Gasteiger partial charge in [-0.3, -0.25) is 9.36 Å². The van der Waals surface area contributed by atoms with E-state index < -0.39 is 6.67 Å². The van der Waals surface area contributed by atoms with Gasteiger partial charge < -0.3 is 4.74 Å². The minimum Gasteiger partial charge on any atom is -0.384 e. The van der Waals surface area contributed by atoms with Crippen molar-refractivity contribution in [3.8, 4) is 11.1 Å². The van der Waals surface area contributed by atoms with Crippen LogP contribution in [0.1, 0.15) is 10.7 Å². The molecule has 25 heavy (non-hydrogen) atoms. The highest BCUT2D eigenvalue weighted by molar-refractivity contribution is 7.19. The Kier molecular flexibility index (Phi) is 5.51. The number of hydrogen-bond donors (Lipinski definition) is 0. The standard InChI is InChI=1S/C18H18ClFN2O2S/c1-11-15(12-3-5-13(19)6-4-12)16-17(25-11)21-14(7-10-24-2)22(9-8-20)18(16)23/h3-6H,7-10H2,1-2H3. The third-order valence-corrected chi connectivity index (χ3v) is 5.29. The first-order valence-corrected chi connectivity index (χ1v) is 9.10. The van der Waals surface area contributed by atoms with Crippen molar-refractivity contribution in [2.75, 3.05) is 20.4 Å². The lowest BCUT2D eigenvalue weighted by Gasteiger charge is -2.11. The Morgan fingerprint density at radius 2 is 2.04 bits per heavy atom. The maximum absolute atomic E-state index is 13.1. The van der Waals surface area contributed by atoms with Crippen molar-refractivity contribution in [2.24, 2.45) is 0 Å². The van der Waals surface area contributed by atoms with Gasteiger partial charge >= 0.3 is 0 Å². The van der Waals surface area contributed by atoms with E-state index in [1.54, 1.807) is 19.2 Å². The smallest absolute Gasteiger partial charge is 0.263 e. The number of ether oxygens (including phenoxy) is 1. The van der Waals surface area contributed by atoms with Crippen LogP contribution in [0.15, 0.2) is 29.1 Å². The van der Waals surface area contributed by atoms with Gasteiger partial charge in [-0.05, 0) is 24.6 Å². The highest BCUT2D eigenvalue weighted by atomic mass is 35.5. The molecule has 0 aliphatic carbocycles. The highest BCUT2D eigenvalue weighted by Gasteiger charge is 2.19. The van der Waals surface area contributed by atoms with Gasteiger partial charge in [-0.15, -0.1) is 11.3 Å². The molecular weight excluding hydrogens is 363 g/mol. The van der Waals surface area contributed by atoms with Gasteiger partial charge in [0.25, 0.3) is 5.56 Å². The SMILES string of the molecule is COCCc1nc2sc(C)c(-c3ccc(Cl)cc3)c2c(=O)n1CCF. The van der Waals surface area contributed by atoms with E-state index in [4.69, 9.17) is 16.3 Å². The van der Waals surface area contributed by atoms with Crippen molar-refractivity contribution >= 4 is 33.2 Å². The minimum absolute atomic E-state index is 0.00419. The molecule has 2 heterocycles. The molecule has 2 aromatic heterocycles. The molecule has 0 unspecified atom stereocenters. The third-order valence-electron chi connectivity index (χ3n) is 4.04. The molecule has 0 amide bonds. The van der Waals surface area contributed by atoms with E-state index in [-0.39, 0.29) is 12.1 Å². The van der Waals surface area contributed by atoms with E-state index in [0.717, 1.165) is 16.0 Å². The summed E-state index contributed by atoms with van der Waals surface area (Å²) in [6, 6.07) is 7.35. The lowest BCUT2D eigenvalue weighted by molar-refractivity contribution is 0.199. The van der Waals surface area contributed by atoms with E-state index in [1.165, 1.54) is 15.9 Å². The number of aryl methyl sites for hydroxylation is 1. The van der Waals surface area contributed by atoms with Crippen molar-refractivity contribution in [3.63, 3.8) is 0 Å². The van der Waals surface area contributed by atoms with Crippen LogP contribution in [0.5, 0.6) is 0 Å². The molecular formula is C18H18ClFN2O2S. The Bertz CT molecular complexity index is 950. The summed E-state index contributed by atoms with van der Waals surface area (Å²) in [6.45, 7) is 1.77. The van der Waals surface area contributed by atoms with Crippen molar-refractivity contribution in [1.82, 2.24) is 9.55 Å². The lowest BCUT2D eigenvalue weighted by Crippen LogP contribution is -2.26. The minimum atomic E-state index is -0.619. The molecule has 4 nitrogen and oxygen atoms in total. The molecule has 7 heteroatoms. The fraction of sp³-hybridized carbons (Fsp3) is 0.333. The van der Waals surface area contributed by atoms with Gasteiger partial charge in [0.1, 0.15) is 17.3 Å². The second-order valence-electron chi connectivity index (χ2n) is 5.64. The highest BCUT2D eigenvalue weighted by Crippen LogP contribution is 2.36. The zero-order chi connectivity index (χ0) is 18.0. The summed E-state index contributed by atoms with van der Waals surface area (Å²) in [6.07, 6.45) is 0.467. The molecule has 0 aliphatic rings. The van der Waals surface area contributed by atoms with Crippen molar-refractivity contribution in [2.45, 2.75) is 19.9 Å². The van der Waals surface area contributed by atoms with E-state index in [9.17, 15) is 9.18 Å². The fourth-order valence-electron chi connectivity index (χ4n) is 2.90. The molecule has 0 aliphatic heterocycles. The Balaban J connectivity index is 2.26. The summed E-state index contributed by atoms with van der Waals surface area (Å²) < 4.78 is 19.5. The molecule has 3 rings (SSSR count). The quantitative estimate of drug-likeness (QED) is 0.642. The number of thiophene rings is 1. The van der Waals surface area contributed by atoms with Crippen LogP contribution in [0.2, 0.25) is 5.02 Å². The molecule has 0 N–H and O–H groups in total. The number of aromatic nitrogens is 2. The fourth-order valence-corrected chi connectivity index (χ4v) is 4.08. The average Bonchev–Trinajstić information content (AvgIpc) is 2.93. The number of methoxy groups -OCH3 is 1. The van der Waals surface area contributed by atoms with E-state index in [0.29, 0.717) is 34.1 Å². The van der Waals surface area contributed by atoms with Crippen molar-refractivity contribution in [3.05, 3.63) is 50.3 Å². The Labute approximate surface area is 153 Å². The van der Waals surface area contributed by atoms with E-state index in [1.807, 2.05) is 19.1 Å². The Morgan fingerprint density at radius 1 is 1.32 bits per heavy atom. The maximum Gasteiger partial charge on any atom is 0.263 e. The third kappa shape index (κ3) is 3.47. The summed E-state index contributed by atoms with van der Waals surface area (Å²) in [5.41, 5.74) is 1.55. The van der Waals surface area contributed by atoms with Gasteiger partial charge in [0.05, 0.1) is 18.5 Å². The van der Waals surface area contributed by atoms with Gasteiger partial charge in [0, 0.05) is 29.0 Å². The zero-order valence-corrected chi connectivity index (χ0v) is 15.6. The Morgan fingerprint density at radius 3 is 2.68 bits per heavy atom.